The van der Waals surface area contributed by atoms with E-state index in [9.17, 15) is 8.42 Å². The molecule has 1 rings (SSSR count). The maximum Gasteiger partial charge on any atom is 0.195 e. The van der Waals surface area contributed by atoms with Gasteiger partial charge in [-0.1, -0.05) is 13.0 Å². The molecule has 0 atom stereocenters. The molecule has 0 aliphatic carbocycles. The van der Waals surface area contributed by atoms with Crippen molar-refractivity contribution in [3.8, 4) is 0 Å². The van der Waals surface area contributed by atoms with Gasteiger partial charge in [-0.15, -0.1) is 0 Å². The van der Waals surface area contributed by atoms with Crippen molar-refractivity contribution in [3.63, 3.8) is 0 Å². The van der Waals surface area contributed by atoms with Crippen molar-refractivity contribution >= 4 is 9.84 Å². The maximum atomic E-state index is 11.1. The Hall–Kier alpha value is -0.900. The van der Waals surface area contributed by atoms with Crippen molar-refractivity contribution in [3.05, 3.63) is 24.4 Å². The summed E-state index contributed by atoms with van der Waals surface area (Å²) in [6, 6.07) is 4.85. The molecule has 0 aliphatic heterocycles. The molecule has 0 aromatic carbocycles. The molecule has 0 bridgehead atoms. The molecule has 60 valence electrons. The largest absolute Gasteiger partial charge is 0.245 e. The van der Waals surface area contributed by atoms with E-state index in [0.29, 0.717) is 0 Å². The minimum Gasteiger partial charge on any atom is -0.245 e. The topological polar surface area (TPSA) is 47.0 Å². The summed E-state index contributed by atoms with van der Waals surface area (Å²) in [4.78, 5) is 3.73. The highest BCUT2D eigenvalue weighted by molar-refractivity contribution is 7.91. The summed E-state index contributed by atoms with van der Waals surface area (Å²) >= 11 is 0. The van der Waals surface area contributed by atoms with Gasteiger partial charge in [0.1, 0.15) is 0 Å². The fourth-order valence-electron chi connectivity index (χ4n) is 0.679. The molecule has 0 radical (unpaired) electrons. The predicted molar refractivity (Wildman–Crippen MR) is 42.0 cm³/mol. The zero-order valence-corrected chi connectivity index (χ0v) is 7.00. The second-order valence-electron chi connectivity index (χ2n) is 2.07. The molecule has 0 spiro atoms. The zero-order valence-electron chi connectivity index (χ0n) is 6.19. The Balaban J connectivity index is 3.14. The van der Waals surface area contributed by atoms with Crippen LogP contribution in [0.15, 0.2) is 29.4 Å². The molecule has 4 heteroatoms. The van der Waals surface area contributed by atoms with Crippen LogP contribution in [0.1, 0.15) is 6.92 Å². The first-order valence-electron chi connectivity index (χ1n) is 3.30. The van der Waals surface area contributed by atoms with Gasteiger partial charge < -0.3 is 0 Å². The molecule has 1 aromatic heterocycles. The van der Waals surface area contributed by atoms with Crippen molar-refractivity contribution in [1.29, 1.82) is 0 Å². The van der Waals surface area contributed by atoms with Crippen LogP contribution in [0, 0.1) is 0 Å². The van der Waals surface area contributed by atoms with Crippen LogP contribution in [0.5, 0.6) is 0 Å². The number of nitrogens with zero attached hydrogens (tertiary/aromatic N) is 1. The van der Waals surface area contributed by atoms with Crippen molar-refractivity contribution in [2.45, 2.75) is 11.9 Å². The lowest BCUT2D eigenvalue weighted by Gasteiger charge is -1.96. The first-order chi connectivity index (χ1) is 5.17. The smallest absolute Gasteiger partial charge is 0.195 e. The van der Waals surface area contributed by atoms with Gasteiger partial charge in [0, 0.05) is 6.20 Å². The van der Waals surface area contributed by atoms with Crippen LogP contribution in [0.2, 0.25) is 0 Å². The molecule has 0 saturated heterocycles. The molecule has 11 heavy (non-hydrogen) atoms. The molecule has 0 saturated carbocycles. The number of hydrogen-bond donors (Lipinski definition) is 0. The van der Waals surface area contributed by atoms with Crippen LogP contribution < -0.4 is 0 Å². The molecular weight excluding hydrogens is 162 g/mol. The quantitative estimate of drug-likeness (QED) is 0.663. The highest BCUT2D eigenvalue weighted by atomic mass is 32.2. The van der Waals surface area contributed by atoms with Gasteiger partial charge >= 0.3 is 0 Å². The van der Waals surface area contributed by atoms with Gasteiger partial charge in [0.2, 0.25) is 0 Å². The monoisotopic (exact) mass is 171 g/mol. The Morgan fingerprint density at radius 2 is 2.18 bits per heavy atom. The van der Waals surface area contributed by atoms with Crippen molar-refractivity contribution in [2.75, 3.05) is 5.75 Å². The third kappa shape index (κ3) is 1.77. The normalized spacial score (nSPS) is 11.4. The van der Waals surface area contributed by atoms with E-state index in [2.05, 4.69) is 4.98 Å². The molecular formula is C7H9NO2S. The number of hydrogen-bond acceptors (Lipinski definition) is 3. The molecule has 0 unspecified atom stereocenters. The van der Waals surface area contributed by atoms with Crippen molar-refractivity contribution in [2.24, 2.45) is 0 Å². The third-order valence-corrected chi connectivity index (χ3v) is 2.98. The van der Waals surface area contributed by atoms with E-state index >= 15 is 0 Å². The van der Waals surface area contributed by atoms with Gasteiger partial charge in [0.25, 0.3) is 0 Å². The number of aromatic nitrogens is 1. The molecule has 0 N–H and O–H groups in total. The summed E-state index contributed by atoms with van der Waals surface area (Å²) in [5.41, 5.74) is 0. The van der Waals surface area contributed by atoms with Crippen molar-refractivity contribution in [1.82, 2.24) is 4.98 Å². The Morgan fingerprint density at radius 1 is 1.45 bits per heavy atom. The van der Waals surface area contributed by atoms with Gasteiger partial charge in [-0.2, -0.15) is 0 Å². The van der Waals surface area contributed by atoms with Crippen LogP contribution in [-0.4, -0.2) is 19.2 Å². The highest BCUT2D eigenvalue weighted by Gasteiger charge is 2.10. The summed E-state index contributed by atoms with van der Waals surface area (Å²) in [5.74, 6) is 0.101. The van der Waals surface area contributed by atoms with Gasteiger partial charge in [-0.05, 0) is 12.1 Å². The summed E-state index contributed by atoms with van der Waals surface area (Å²) in [6.07, 6.45) is 1.47. The third-order valence-electron chi connectivity index (χ3n) is 1.34. The minimum atomic E-state index is -3.11. The van der Waals surface area contributed by atoms with E-state index < -0.39 is 9.84 Å². The minimum absolute atomic E-state index is 0.101. The lowest BCUT2D eigenvalue weighted by atomic mass is 10.5. The average Bonchev–Trinajstić information content (AvgIpc) is 2.06. The number of rotatable bonds is 2. The Morgan fingerprint density at radius 3 is 2.64 bits per heavy atom. The number of sulfone groups is 1. The first-order valence-corrected chi connectivity index (χ1v) is 4.96. The van der Waals surface area contributed by atoms with E-state index in [-0.39, 0.29) is 10.8 Å². The van der Waals surface area contributed by atoms with Crippen molar-refractivity contribution < 1.29 is 8.42 Å². The fourth-order valence-corrected chi connectivity index (χ4v) is 1.48. The SMILES string of the molecule is CCS(=O)(=O)c1ccccn1. The lowest BCUT2D eigenvalue weighted by molar-refractivity contribution is 0.593. The van der Waals surface area contributed by atoms with Gasteiger partial charge in [0.05, 0.1) is 5.75 Å². The molecule has 1 heterocycles. The predicted octanol–water partition coefficient (Wildman–Crippen LogP) is 0.875. The molecule has 0 fully saturated rings. The second-order valence-corrected chi connectivity index (χ2v) is 4.30. The highest BCUT2D eigenvalue weighted by Crippen LogP contribution is 2.04. The average molecular weight is 171 g/mol. The standard InChI is InChI=1S/C7H9NO2S/c1-2-11(9,10)7-5-3-4-6-8-7/h3-6H,2H2,1H3. The van der Waals surface area contributed by atoms with Gasteiger partial charge in [-0.3, -0.25) is 0 Å². The van der Waals surface area contributed by atoms with E-state index in [1.165, 1.54) is 12.3 Å². The second kappa shape index (κ2) is 3.00. The molecule has 3 nitrogen and oxygen atoms in total. The summed E-state index contributed by atoms with van der Waals surface area (Å²) in [6.45, 7) is 1.60. The van der Waals surface area contributed by atoms with Crippen LogP contribution in [0.3, 0.4) is 0 Å². The zero-order chi connectivity index (χ0) is 8.32. The van der Waals surface area contributed by atoms with E-state index in [4.69, 9.17) is 0 Å². The maximum absolute atomic E-state index is 11.1. The van der Waals surface area contributed by atoms with E-state index in [1.807, 2.05) is 0 Å². The molecule has 1 aromatic rings. The van der Waals surface area contributed by atoms with Crippen LogP contribution >= 0.6 is 0 Å². The van der Waals surface area contributed by atoms with E-state index in [0.717, 1.165) is 0 Å². The Bertz CT molecular complexity index is 318. The van der Waals surface area contributed by atoms with Crippen LogP contribution in [0.25, 0.3) is 0 Å². The van der Waals surface area contributed by atoms with Gasteiger partial charge in [-0.25, -0.2) is 13.4 Å². The lowest BCUT2D eigenvalue weighted by Crippen LogP contribution is -2.05. The summed E-state index contributed by atoms with van der Waals surface area (Å²) < 4.78 is 22.3. The number of pyridine rings is 1. The van der Waals surface area contributed by atoms with E-state index in [1.54, 1.807) is 19.1 Å². The van der Waals surface area contributed by atoms with Crippen LogP contribution in [0.4, 0.5) is 0 Å². The Kier molecular flexibility index (Phi) is 2.24. The molecule has 0 aliphatic rings. The fraction of sp³-hybridized carbons (Fsp3) is 0.286. The Labute approximate surface area is 66.0 Å². The van der Waals surface area contributed by atoms with Crippen LogP contribution in [-0.2, 0) is 9.84 Å². The molecule has 0 amide bonds. The van der Waals surface area contributed by atoms with Gasteiger partial charge in [0.15, 0.2) is 14.9 Å². The summed E-state index contributed by atoms with van der Waals surface area (Å²) in [5, 5.41) is 0.155. The first kappa shape index (κ1) is 8.20. The summed E-state index contributed by atoms with van der Waals surface area (Å²) in [7, 11) is -3.11.